The Morgan fingerprint density at radius 2 is 0.938 bits per heavy atom. The summed E-state index contributed by atoms with van der Waals surface area (Å²) in [5, 5.41) is 25.6. The molecular weight excluding hydrogens is 596 g/mol. The Morgan fingerprint density at radius 3 is 1.35 bits per heavy atom. The highest BCUT2D eigenvalue weighted by Crippen LogP contribution is 2.42. The highest BCUT2D eigenvalue weighted by atomic mass is 16.3. The van der Waals surface area contributed by atoms with E-state index in [2.05, 4.69) is 117 Å². The van der Waals surface area contributed by atoms with Crippen LogP contribution in [0.3, 0.4) is 0 Å². The number of aliphatic hydroxyl groups excluding tert-OH is 2. The van der Waals surface area contributed by atoms with Gasteiger partial charge in [0, 0.05) is 33.7 Å². The summed E-state index contributed by atoms with van der Waals surface area (Å²) < 4.78 is 0. The maximum absolute atomic E-state index is 10.9. The van der Waals surface area contributed by atoms with E-state index < -0.39 is 12.2 Å². The zero-order valence-electron chi connectivity index (χ0n) is 27.5. The van der Waals surface area contributed by atoms with E-state index in [1.54, 1.807) is 0 Å². The van der Waals surface area contributed by atoms with Crippen LogP contribution in [0.4, 0.5) is 22.7 Å². The second-order valence-electron chi connectivity index (χ2n) is 13.7. The van der Waals surface area contributed by atoms with Crippen LogP contribution in [0.2, 0.25) is 0 Å². The van der Waals surface area contributed by atoms with Crippen molar-refractivity contribution in [3.8, 4) is 0 Å². The molecule has 2 saturated carbocycles. The molecular formula is C40H46N6O2. The predicted molar refractivity (Wildman–Crippen MR) is 193 cm³/mol. The van der Waals surface area contributed by atoms with Crippen molar-refractivity contribution in [1.82, 2.24) is 0 Å². The van der Waals surface area contributed by atoms with E-state index >= 15 is 0 Å². The van der Waals surface area contributed by atoms with Crippen LogP contribution < -0.4 is 15.5 Å². The molecule has 6 unspecified atom stereocenters. The maximum Gasteiger partial charge on any atom is 0.0897 e. The van der Waals surface area contributed by atoms with Crippen LogP contribution in [-0.4, -0.2) is 46.6 Å². The van der Waals surface area contributed by atoms with Gasteiger partial charge in [0.05, 0.1) is 30.3 Å². The van der Waals surface area contributed by atoms with Gasteiger partial charge in [-0.2, -0.15) is 0 Å². The van der Waals surface area contributed by atoms with Gasteiger partial charge in [0.15, 0.2) is 0 Å². The van der Waals surface area contributed by atoms with Gasteiger partial charge < -0.3 is 25.7 Å². The van der Waals surface area contributed by atoms with Gasteiger partial charge in [-0.25, -0.2) is 0 Å². The molecule has 0 radical (unpaired) electrons. The van der Waals surface area contributed by atoms with Gasteiger partial charge in [0.25, 0.3) is 0 Å². The summed E-state index contributed by atoms with van der Waals surface area (Å²) >= 11 is 0. The number of hydrogen-bond acceptors (Lipinski definition) is 6. The number of rotatable bonds is 3. The fourth-order valence-corrected chi connectivity index (χ4v) is 8.42. The van der Waals surface area contributed by atoms with Gasteiger partial charge in [-0.05, 0) is 110 Å². The fourth-order valence-electron chi connectivity index (χ4n) is 8.42. The standard InChI is InChI=1S/C20H22N4O.C20H24N2O/c21-23-22-16-8-5-11-19(20(16)25)24-17-9-3-1-6-14(17)12-13-15-7-2-4-10-18(15)24;21-16-8-5-11-19(20(16)23)22-17-9-3-1-6-14(17)12-13-15-7-2-4-10-18(15)22/h1-4,6-7,9-10,16,19-20,25H,5,8,11-13H2;1-4,6-7,9-10,16,19-20,23H,5,8,11-13,21H2. The molecule has 248 valence electrons. The predicted octanol–water partition coefficient (Wildman–Crippen LogP) is 7.68. The fraction of sp³-hybridized carbons (Fsp3) is 0.400. The highest BCUT2D eigenvalue weighted by molar-refractivity contribution is 5.73. The van der Waals surface area contributed by atoms with Crippen molar-refractivity contribution in [2.45, 2.75) is 101 Å². The number of nitrogens with zero attached hydrogens (tertiary/aromatic N) is 5. The Bertz CT molecular complexity index is 1680. The lowest BCUT2D eigenvalue weighted by molar-refractivity contribution is 0.0877. The van der Waals surface area contributed by atoms with E-state index in [0.717, 1.165) is 75.6 Å². The molecule has 6 atom stereocenters. The maximum atomic E-state index is 10.9. The number of fused-ring (bicyclic) bond motifs is 4. The van der Waals surface area contributed by atoms with Crippen LogP contribution in [0.25, 0.3) is 10.4 Å². The molecule has 0 bridgehead atoms. The molecule has 4 aromatic rings. The Morgan fingerprint density at radius 1 is 0.562 bits per heavy atom. The number of aliphatic hydroxyl groups is 2. The van der Waals surface area contributed by atoms with Gasteiger partial charge in [-0.15, -0.1) is 0 Å². The van der Waals surface area contributed by atoms with E-state index in [1.807, 2.05) is 0 Å². The zero-order valence-corrected chi connectivity index (χ0v) is 27.5. The van der Waals surface area contributed by atoms with Crippen molar-refractivity contribution in [1.29, 1.82) is 0 Å². The van der Waals surface area contributed by atoms with E-state index in [0.29, 0.717) is 0 Å². The van der Waals surface area contributed by atoms with Crippen molar-refractivity contribution < 1.29 is 10.2 Å². The van der Waals surface area contributed by atoms with Gasteiger partial charge in [-0.3, -0.25) is 0 Å². The summed E-state index contributed by atoms with van der Waals surface area (Å²) in [6, 6.07) is 33.6. The van der Waals surface area contributed by atoms with Crippen LogP contribution in [0.1, 0.15) is 60.8 Å². The minimum Gasteiger partial charge on any atom is -0.391 e. The van der Waals surface area contributed by atoms with Crippen LogP contribution in [0.15, 0.2) is 102 Å². The van der Waals surface area contributed by atoms with Gasteiger partial charge in [0.1, 0.15) is 0 Å². The van der Waals surface area contributed by atoms with Crippen molar-refractivity contribution in [3.63, 3.8) is 0 Å². The van der Waals surface area contributed by atoms with Crippen molar-refractivity contribution in [2.24, 2.45) is 10.8 Å². The number of aryl methyl sites for hydroxylation is 4. The minimum absolute atomic E-state index is 0.0548. The third kappa shape index (κ3) is 6.29. The van der Waals surface area contributed by atoms with E-state index in [-0.39, 0.29) is 24.2 Å². The molecule has 2 heterocycles. The largest absolute Gasteiger partial charge is 0.391 e. The molecule has 2 fully saturated rings. The molecule has 8 rings (SSSR count). The number of anilines is 4. The van der Waals surface area contributed by atoms with E-state index in [4.69, 9.17) is 11.3 Å². The van der Waals surface area contributed by atoms with Crippen molar-refractivity contribution >= 4 is 22.7 Å². The molecule has 8 nitrogen and oxygen atoms in total. The van der Waals surface area contributed by atoms with E-state index in [9.17, 15) is 10.2 Å². The number of azide groups is 1. The molecule has 0 aromatic heterocycles. The molecule has 4 N–H and O–H groups in total. The Labute approximate surface area is 283 Å². The first kappa shape index (κ1) is 32.2. The first-order chi connectivity index (χ1) is 23.5. The molecule has 48 heavy (non-hydrogen) atoms. The summed E-state index contributed by atoms with van der Waals surface area (Å²) in [7, 11) is 0. The molecule has 0 amide bonds. The zero-order chi connectivity index (χ0) is 33.0. The second-order valence-corrected chi connectivity index (χ2v) is 13.7. The van der Waals surface area contributed by atoms with Crippen molar-refractivity contribution in [3.05, 3.63) is 130 Å². The normalized spacial score (nSPS) is 26.1. The van der Waals surface area contributed by atoms with Gasteiger partial charge in [0.2, 0.25) is 0 Å². The Kier molecular flexibility index (Phi) is 9.68. The minimum atomic E-state index is -0.663. The lowest BCUT2D eigenvalue weighted by Gasteiger charge is -2.42. The monoisotopic (exact) mass is 642 g/mol. The van der Waals surface area contributed by atoms with Crippen LogP contribution in [-0.2, 0) is 25.7 Å². The SMILES string of the molecule is NC1CCCC(N2c3ccccc3CCc3ccccc32)C1O.[N-]=[N+]=NC1CCCC(N2c3ccccc3CCc3ccccc32)C1O. The second kappa shape index (κ2) is 14.4. The third-order valence-corrected chi connectivity index (χ3v) is 10.9. The molecule has 8 heteroatoms. The summed E-state index contributed by atoms with van der Waals surface area (Å²) in [5.41, 5.74) is 25.1. The molecule has 2 aliphatic heterocycles. The number of benzene rings is 4. The van der Waals surface area contributed by atoms with Crippen LogP contribution in [0.5, 0.6) is 0 Å². The van der Waals surface area contributed by atoms with Crippen LogP contribution >= 0.6 is 0 Å². The third-order valence-electron chi connectivity index (χ3n) is 10.9. The average molecular weight is 643 g/mol. The quantitative estimate of drug-likeness (QED) is 0.120. The summed E-state index contributed by atoms with van der Waals surface area (Å²) in [6.45, 7) is 0. The van der Waals surface area contributed by atoms with Crippen LogP contribution in [0, 0.1) is 0 Å². The van der Waals surface area contributed by atoms with Gasteiger partial charge >= 0.3 is 0 Å². The molecule has 4 aromatic carbocycles. The topological polar surface area (TPSA) is 122 Å². The molecule has 0 spiro atoms. The smallest absolute Gasteiger partial charge is 0.0897 e. The number of hydrogen-bond donors (Lipinski definition) is 3. The average Bonchev–Trinajstić information content (AvgIpc) is 3.39. The van der Waals surface area contributed by atoms with E-state index in [1.165, 1.54) is 33.6 Å². The molecule has 0 saturated heterocycles. The number of nitrogens with two attached hydrogens (primary N) is 1. The first-order valence-electron chi connectivity index (χ1n) is 17.6. The molecule has 2 aliphatic carbocycles. The molecule has 4 aliphatic rings. The van der Waals surface area contributed by atoms with Crippen molar-refractivity contribution in [2.75, 3.05) is 9.80 Å². The number of para-hydroxylation sites is 4. The highest BCUT2D eigenvalue weighted by Gasteiger charge is 2.38. The van der Waals surface area contributed by atoms with Gasteiger partial charge in [-0.1, -0.05) is 84.3 Å². The first-order valence-corrected chi connectivity index (χ1v) is 17.6. The Hall–Kier alpha value is -4.33. The Balaban J connectivity index is 0.000000152. The lowest BCUT2D eigenvalue weighted by atomic mass is 9.86. The summed E-state index contributed by atoms with van der Waals surface area (Å²) in [6.07, 6.45) is 8.48. The summed E-state index contributed by atoms with van der Waals surface area (Å²) in [4.78, 5) is 7.60. The summed E-state index contributed by atoms with van der Waals surface area (Å²) in [5.74, 6) is 0. The lowest BCUT2D eigenvalue weighted by Crippen LogP contribution is -2.53.